The zero-order chi connectivity index (χ0) is 33.0. The molecular formula is C32H46ClN3O9. The molecule has 0 fully saturated rings. The fourth-order valence-corrected chi connectivity index (χ4v) is 4.24. The summed E-state index contributed by atoms with van der Waals surface area (Å²) >= 11 is 5.72. The largest absolute Gasteiger partial charge is 0.467 e. The molecule has 45 heavy (non-hydrogen) atoms. The van der Waals surface area contributed by atoms with Gasteiger partial charge >= 0.3 is 5.97 Å². The number of amides is 2. The number of nitrogens with one attached hydrogen (secondary N) is 1. The molecule has 0 aliphatic carbocycles. The number of hydrogen-bond acceptors (Lipinski definition) is 10. The van der Waals surface area contributed by atoms with Gasteiger partial charge < -0.3 is 38.7 Å². The van der Waals surface area contributed by atoms with E-state index in [9.17, 15) is 14.4 Å². The maximum absolute atomic E-state index is 13.7. The molecule has 0 radical (unpaired) electrons. The van der Waals surface area contributed by atoms with Crippen molar-refractivity contribution >= 4 is 35.1 Å². The lowest BCUT2D eigenvalue weighted by Crippen LogP contribution is -2.34. The molecule has 1 aromatic rings. The first-order chi connectivity index (χ1) is 21.7. The fourth-order valence-electron chi connectivity index (χ4n) is 4.16. The molecule has 0 bridgehead atoms. The normalized spacial score (nSPS) is 18.7. The van der Waals surface area contributed by atoms with Crippen LogP contribution in [0.1, 0.15) is 62.9 Å². The second-order valence-corrected chi connectivity index (χ2v) is 10.4. The lowest BCUT2D eigenvalue weighted by atomic mass is 9.99. The summed E-state index contributed by atoms with van der Waals surface area (Å²) in [4.78, 5) is 45.2. The van der Waals surface area contributed by atoms with Crippen molar-refractivity contribution in [2.75, 3.05) is 52.9 Å². The number of rotatable bonds is 15. The highest BCUT2D eigenvalue weighted by Gasteiger charge is 2.24. The van der Waals surface area contributed by atoms with Gasteiger partial charge in [-0.1, -0.05) is 30.3 Å². The summed E-state index contributed by atoms with van der Waals surface area (Å²) in [5, 5.41) is 7.11. The quantitative estimate of drug-likeness (QED) is 0.0732. The summed E-state index contributed by atoms with van der Waals surface area (Å²) in [6.07, 6.45) is 8.42. The minimum absolute atomic E-state index is 0.0131. The molecule has 1 aromatic carbocycles. The molecule has 0 saturated heterocycles. The predicted molar refractivity (Wildman–Crippen MR) is 171 cm³/mol. The first-order valence-electron chi connectivity index (χ1n) is 15.1. The summed E-state index contributed by atoms with van der Waals surface area (Å²) in [6, 6.07) is 2.91. The number of hydrogen-bond donors (Lipinski definition) is 1. The molecule has 2 rings (SSSR count). The highest BCUT2D eigenvalue weighted by Crippen LogP contribution is 2.32. The molecule has 0 unspecified atom stereocenters. The molecule has 0 aromatic heterocycles. The van der Waals surface area contributed by atoms with Gasteiger partial charge in [-0.05, 0) is 51.3 Å². The predicted octanol–water partition coefficient (Wildman–Crippen LogP) is 4.39. The minimum Gasteiger partial charge on any atom is -0.467 e. The molecule has 13 heteroatoms. The first kappa shape index (κ1) is 37.6. The van der Waals surface area contributed by atoms with Crippen molar-refractivity contribution in [1.29, 1.82) is 0 Å². The van der Waals surface area contributed by atoms with E-state index in [2.05, 4.69) is 10.5 Å². The number of carbonyl (C=O) groups is 3. The number of cyclic esters (lactones) is 1. The molecule has 1 aliphatic heterocycles. The highest BCUT2D eigenvalue weighted by molar-refractivity contribution is 6.27. The van der Waals surface area contributed by atoms with Crippen LogP contribution in [0.4, 0.5) is 0 Å². The van der Waals surface area contributed by atoms with Crippen molar-refractivity contribution in [3.05, 3.63) is 47.6 Å². The van der Waals surface area contributed by atoms with Gasteiger partial charge in [-0.25, -0.2) is 4.79 Å². The molecular weight excluding hydrogens is 606 g/mol. The number of ether oxygens (including phenoxy) is 5. The maximum atomic E-state index is 13.7. The number of halogens is 1. The number of allylic oxidation sites excluding steroid dienone is 1. The molecule has 1 heterocycles. The standard InChI is InChI=1S/C32H46ClN3O9/c1-6-15-36(5)30(38)20-44-35-26-14-10-13-25(34-29(37)19-33)12-9-11-23(4)45-32(39)31-24(16-26)17-27(42-21-40-7-2)18-28(31)43-22-41-8-3/h9-10,12,14,17-18,23,25H,6-8,11,13,15-16,19-22H2,1-5H3,(H,34,37)/b12-9?,14-10+,35-26-/t23-,25+/m1/s1. The Labute approximate surface area is 270 Å². The third-order valence-corrected chi connectivity index (χ3v) is 6.66. The number of oxime groups is 1. The van der Waals surface area contributed by atoms with Crippen LogP contribution in [0, 0.1) is 0 Å². The number of likely N-dealkylation sites (N-methyl/N-ethyl adjacent to an activating group) is 1. The van der Waals surface area contributed by atoms with E-state index in [4.69, 9.17) is 40.1 Å². The molecule has 12 nitrogen and oxygen atoms in total. The zero-order valence-corrected chi connectivity index (χ0v) is 27.6. The molecule has 250 valence electrons. The lowest BCUT2D eigenvalue weighted by molar-refractivity contribution is -0.134. The number of fused-ring (bicyclic) bond motifs is 1. The number of benzene rings is 1. The summed E-state index contributed by atoms with van der Waals surface area (Å²) in [5.74, 6) is -0.740. The summed E-state index contributed by atoms with van der Waals surface area (Å²) in [7, 11) is 1.70. The van der Waals surface area contributed by atoms with Crippen LogP contribution in [-0.4, -0.2) is 93.4 Å². The Morgan fingerprint density at radius 3 is 2.51 bits per heavy atom. The van der Waals surface area contributed by atoms with Crippen LogP contribution in [0.25, 0.3) is 0 Å². The van der Waals surface area contributed by atoms with Gasteiger partial charge in [-0.3, -0.25) is 9.59 Å². The van der Waals surface area contributed by atoms with E-state index >= 15 is 0 Å². The van der Waals surface area contributed by atoms with Crippen molar-refractivity contribution < 1.29 is 42.9 Å². The van der Waals surface area contributed by atoms with Crippen LogP contribution < -0.4 is 14.8 Å². The Morgan fingerprint density at radius 2 is 1.82 bits per heavy atom. The van der Waals surface area contributed by atoms with Crippen LogP contribution in [-0.2, 0) is 35.1 Å². The van der Waals surface area contributed by atoms with Gasteiger partial charge in [0.25, 0.3) is 5.91 Å². The third-order valence-electron chi connectivity index (χ3n) is 6.42. The van der Waals surface area contributed by atoms with Crippen molar-refractivity contribution in [1.82, 2.24) is 10.2 Å². The summed E-state index contributed by atoms with van der Waals surface area (Å²) < 4.78 is 28.2. The Hall–Kier alpha value is -3.61. The minimum atomic E-state index is -0.613. The monoisotopic (exact) mass is 651 g/mol. The van der Waals surface area contributed by atoms with Crippen LogP contribution in [0.15, 0.2) is 41.6 Å². The summed E-state index contributed by atoms with van der Waals surface area (Å²) in [6.45, 7) is 8.50. The van der Waals surface area contributed by atoms with Gasteiger partial charge in [0.2, 0.25) is 5.91 Å². The van der Waals surface area contributed by atoms with E-state index in [1.165, 1.54) is 0 Å². The van der Waals surface area contributed by atoms with Crippen molar-refractivity contribution in [2.24, 2.45) is 5.16 Å². The Kier molecular flexibility index (Phi) is 17.7. The Bertz CT molecular complexity index is 1190. The zero-order valence-electron chi connectivity index (χ0n) is 26.8. The maximum Gasteiger partial charge on any atom is 0.342 e. The Balaban J connectivity index is 2.59. The number of nitrogens with zero attached hydrogens (tertiary/aromatic N) is 2. The molecule has 0 spiro atoms. The van der Waals surface area contributed by atoms with E-state index in [0.717, 1.165) is 6.42 Å². The van der Waals surface area contributed by atoms with E-state index in [-0.39, 0.29) is 61.7 Å². The third kappa shape index (κ3) is 13.9. The van der Waals surface area contributed by atoms with Crippen molar-refractivity contribution in [2.45, 2.75) is 65.5 Å². The van der Waals surface area contributed by atoms with Gasteiger partial charge in [0.1, 0.15) is 29.0 Å². The average Bonchev–Trinajstić information content (AvgIpc) is 3.00. The highest BCUT2D eigenvalue weighted by atomic mass is 35.5. The van der Waals surface area contributed by atoms with Crippen LogP contribution >= 0.6 is 11.6 Å². The average molecular weight is 652 g/mol. The SMILES string of the molecule is CCCN(C)C(=O)CO/N=C1/C=C/C[C@@H](NC(=O)CCl)C=CC[C@@H](C)OC(=O)c2c(cc(OCOCC)cc2OCOCC)C1. The lowest BCUT2D eigenvalue weighted by Gasteiger charge is -2.20. The first-order valence-corrected chi connectivity index (χ1v) is 15.7. The number of alkyl halides is 1. The number of carbonyl (C=O) groups excluding carboxylic acids is 3. The molecule has 2 amide bonds. The topological polar surface area (TPSA) is 134 Å². The van der Waals surface area contributed by atoms with Gasteiger partial charge in [-0.2, -0.15) is 0 Å². The van der Waals surface area contributed by atoms with Crippen LogP contribution in [0.3, 0.4) is 0 Å². The molecule has 0 saturated carbocycles. The van der Waals surface area contributed by atoms with Crippen molar-refractivity contribution in [3.63, 3.8) is 0 Å². The van der Waals surface area contributed by atoms with Gasteiger partial charge in [0.05, 0.1) is 11.8 Å². The molecule has 2 atom stereocenters. The van der Waals surface area contributed by atoms with E-state index in [1.54, 1.807) is 37.1 Å². The van der Waals surface area contributed by atoms with Crippen molar-refractivity contribution in [3.8, 4) is 11.5 Å². The van der Waals surface area contributed by atoms with E-state index in [1.807, 2.05) is 39.0 Å². The van der Waals surface area contributed by atoms with Gasteiger partial charge in [0, 0.05) is 45.7 Å². The number of esters is 1. The van der Waals surface area contributed by atoms with E-state index in [0.29, 0.717) is 49.6 Å². The summed E-state index contributed by atoms with van der Waals surface area (Å²) in [5.41, 5.74) is 1.05. The van der Waals surface area contributed by atoms with Crippen LogP contribution in [0.5, 0.6) is 11.5 Å². The van der Waals surface area contributed by atoms with Gasteiger partial charge in [-0.15, -0.1) is 11.6 Å². The second-order valence-electron chi connectivity index (χ2n) is 10.1. The van der Waals surface area contributed by atoms with E-state index < -0.39 is 12.1 Å². The van der Waals surface area contributed by atoms with Crippen LogP contribution in [0.2, 0.25) is 0 Å². The fraction of sp³-hybridized carbons (Fsp3) is 0.562. The van der Waals surface area contributed by atoms with Gasteiger partial charge in [0.15, 0.2) is 20.2 Å². The molecule has 1 N–H and O–H groups in total. The smallest absolute Gasteiger partial charge is 0.342 e. The molecule has 1 aliphatic rings. The Morgan fingerprint density at radius 1 is 1.09 bits per heavy atom. The second kappa shape index (κ2) is 21.2.